The molecule has 0 aliphatic heterocycles. The van der Waals surface area contributed by atoms with Gasteiger partial charge in [-0.1, -0.05) is 36.4 Å². The maximum Gasteiger partial charge on any atom is 0.238 e. The van der Waals surface area contributed by atoms with Crippen molar-refractivity contribution in [3.05, 3.63) is 48.0 Å². The maximum absolute atomic E-state index is 11.8. The van der Waals surface area contributed by atoms with Gasteiger partial charge in [-0.25, -0.2) is 0 Å². The first-order valence-electron chi connectivity index (χ1n) is 5.03. The third kappa shape index (κ3) is 1.89. The lowest BCUT2D eigenvalue weighted by Crippen LogP contribution is -1.99. The normalized spacial score (nSPS) is 9.31. The first kappa shape index (κ1) is 10.3. The van der Waals surface area contributed by atoms with Crippen molar-refractivity contribution in [2.75, 3.05) is 7.05 Å². The molecule has 0 spiro atoms. The zero-order chi connectivity index (χ0) is 11.4. The molecule has 0 saturated carbocycles. The Balaban J connectivity index is 2.56. The largest absolute Gasteiger partial charge is 0.349 e. The molecule has 0 bridgehead atoms. The number of ketones is 1. The van der Waals surface area contributed by atoms with Crippen LogP contribution in [0.3, 0.4) is 0 Å². The number of carbonyl (C=O) groups is 1. The van der Waals surface area contributed by atoms with Crippen molar-refractivity contribution in [1.29, 1.82) is 0 Å². The Labute approximate surface area is 94.3 Å². The number of benzene rings is 2. The van der Waals surface area contributed by atoms with Gasteiger partial charge in [-0.15, -0.1) is 0 Å². The second-order valence-electron chi connectivity index (χ2n) is 3.36. The van der Waals surface area contributed by atoms with Crippen molar-refractivity contribution < 1.29 is 4.79 Å². The van der Waals surface area contributed by atoms with E-state index in [1.54, 1.807) is 13.1 Å². The molecule has 2 nitrogen and oxygen atoms in total. The molecular weight excluding hydrogens is 198 g/mol. The summed E-state index contributed by atoms with van der Waals surface area (Å²) in [6.07, 6.45) is 0. The van der Waals surface area contributed by atoms with E-state index < -0.39 is 0 Å². The molecule has 0 saturated heterocycles. The van der Waals surface area contributed by atoms with Crippen LogP contribution < -0.4 is 5.32 Å². The summed E-state index contributed by atoms with van der Waals surface area (Å²) in [5.74, 6) is 2.38. The molecule has 0 radical (unpaired) electrons. The lowest BCUT2D eigenvalue weighted by molar-refractivity contribution is 0.105. The first-order chi connectivity index (χ1) is 7.83. The van der Waals surface area contributed by atoms with Gasteiger partial charge in [0.05, 0.1) is 0 Å². The fourth-order valence-electron chi connectivity index (χ4n) is 1.61. The quantitative estimate of drug-likeness (QED) is 0.443. The molecule has 16 heavy (non-hydrogen) atoms. The molecule has 2 heteroatoms. The lowest BCUT2D eigenvalue weighted by atomic mass is 10.0. The SMILES string of the molecule is CNC#CC(=O)c1cccc2ccccc12. The van der Waals surface area contributed by atoms with Gasteiger partial charge in [0, 0.05) is 18.7 Å². The van der Waals surface area contributed by atoms with Crippen molar-refractivity contribution in [3.8, 4) is 12.0 Å². The standard InChI is InChI=1S/C14H11NO/c1-15-10-9-14(16)13-8-4-6-11-5-2-3-7-12(11)13/h2-8,15H,1H3. The number of hydrogen-bond acceptors (Lipinski definition) is 2. The first-order valence-corrected chi connectivity index (χ1v) is 5.03. The molecule has 0 aliphatic rings. The van der Waals surface area contributed by atoms with Gasteiger partial charge in [0.15, 0.2) is 0 Å². The van der Waals surface area contributed by atoms with Gasteiger partial charge in [-0.05, 0) is 22.8 Å². The molecule has 0 fully saturated rings. The highest BCUT2D eigenvalue weighted by Gasteiger charge is 2.06. The average Bonchev–Trinajstić information content (AvgIpc) is 2.35. The second-order valence-corrected chi connectivity index (χ2v) is 3.36. The third-order valence-electron chi connectivity index (χ3n) is 2.34. The van der Waals surface area contributed by atoms with Gasteiger partial charge in [0.2, 0.25) is 5.78 Å². The molecule has 0 aromatic heterocycles. The van der Waals surface area contributed by atoms with Crippen LogP contribution in [0.5, 0.6) is 0 Å². The van der Waals surface area contributed by atoms with Crippen molar-refractivity contribution in [1.82, 2.24) is 5.32 Å². The van der Waals surface area contributed by atoms with Gasteiger partial charge in [0.25, 0.3) is 0 Å². The lowest BCUT2D eigenvalue weighted by Gasteiger charge is -2.01. The van der Waals surface area contributed by atoms with E-state index in [0.717, 1.165) is 10.8 Å². The number of hydrogen-bond donors (Lipinski definition) is 1. The van der Waals surface area contributed by atoms with Crippen molar-refractivity contribution in [2.45, 2.75) is 0 Å². The molecule has 2 aromatic carbocycles. The van der Waals surface area contributed by atoms with Crippen molar-refractivity contribution in [2.24, 2.45) is 0 Å². The molecule has 2 aromatic rings. The van der Waals surface area contributed by atoms with Gasteiger partial charge in [-0.3, -0.25) is 4.79 Å². The van der Waals surface area contributed by atoms with Crippen LogP contribution in [0.15, 0.2) is 42.5 Å². The van der Waals surface area contributed by atoms with Crippen LogP contribution in [-0.4, -0.2) is 12.8 Å². The summed E-state index contributed by atoms with van der Waals surface area (Å²) in [7, 11) is 1.68. The number of nitrogens with one attached hydrogen (secondary N) is 1. The minimum atomic E-state index is -0.161. The fraction of sp³-hybridized carbons (Fsp3) is 0.0714. The maximum atomic E-state index is 11.8. The monoisotopic (exact) mass is 209 g/mol. The summed E-state index contributed by atoms with van der Waals surface area (Å²) in [6.45, 7) is 0. The zero-order valence-electron chi connectivity index (χ0n) is 8.95. The topological polar surface area (TPSA) is 29.1 Å². The van der Waals surface area contributed by atoms with Crippen LogP contribution in [0.4, 0.5) is 0 Å². The summed E-state index contributed by atoms with van der Waals surface area (Å²) < 4.78 is 0. The number of carbonyl (C=O) groups excluding carboxylic acids is 1. The summed E-state index contributed by atoms with van der Waals surface area (Å²) in [5.41, 5.74) is 0.654. The number of fused-ring (bicyclic) bond motifs is 1. The third-order valence-corrected chi connectivity index (χ3v) is 2.34. The predicted molar refractivity (Wildman–Crippen MR) is 65.1 cm³/mol. The van der Waals surface area contributed by atoms with Gasteiger partial charge in [-0.2, -0.15) is 0 Å². The second kappa shape index (κ2) is 4.50. The summed E-state index contributed by atoms with van der Waals surface area (Å²) in [5, 5.41) is 4.63. The van der Waals surface area contributed by atoms with Crippen LogP contribution >= 0.6 is 0 Å². The van der Waals surface area contributed by atoms with E-state index in [2.05, 4.69) is 17.3 Å². The minimum absolute atomic E-state index is 0.161. The highest BCUT2D eigenvalue weighted by molar-refractivity contribution is 6.16. The smallest absolute Gasteiger partial charge is 0.238 e. The van der Waals surface area contributed by atoms with Crippen LogP contribution in [0.2, 0.25) is 0 Å². The molecule has 0 unspecified atom stereocenters. The Morgan fingerprint density at radius 1 is 1.12 bits per heavy atom. The van der Waals surface area contributed by atoms with E-state index in [4.69, 9.17) is 0 Å². The van der Waals surface area contributed by atoms with Gasteiger partial charge in [0.1, 0.15) is 0 Å². The van der Waals surface area contributed by atoms with Gasteiger partial charge < -0.3 is 5.32 Å². The molecule has 0 aliphatic carbocycles. The van der Waals surface area contributed by atoms with Crippen LogP contribution in [0.1, 0.15) is 10.4 Å². The van der Waals surface area contributed by atoms with Crippen LogP contribution in [0.25, 0.3) is 10.8 Å². The molecule has 0 amide bonds. The Kier molecular flexibility index (Phi) is 2.88. The van der Waals surface area contributed by atoms with Crippen molar-refractivity contribution in [3.63, 3.8) is 0 Å². The molecule has 0 heterocycles. The van der Waals surface area contributed by atoms with E-state index in [1.165, 1.54) is 0 Å². The van der Waals surface area contributed by atoms with E-state index in [9.17, 15) is 4.79 Å². The molecule has 1 N–H and O–H groups in total. The highest BCUT2D eigenvalue weighted by atomic mass is 16.1. The number of Topliss-reactive ketones (excluding diaryl/α,β-unsaturated/α-hetero) is 1. The van der Waals surface area contributed by atoms with Crippen molar-refractivity contribution >= 4 is 16.6 Å². The average molecular weight is 209 g/mol. The number of rotatable bonds is 1. The minimum Gasteiger partial charge on any atom is -0.349 e. The fourth-order valence-corrected chi connectivity index (χ4v) is 1.61. The van der Waals surface area contributed by atoms with E-state index in [-0.39, 0.29) is 5.78 Å². The van der Waals surface area contributed by atoms with Gasteiger partial charge >= 0.3 is 0 Å². The molecule has 78 valence electrons. The van der Waals surface area contributed by atoms with Crippen LogP contribution in [-0.2, 0) is 0 Å². The molecular formula is C14H11NO. The van der Waals surface area contributed by atoms with E-state index in [0.29, 0.717) is 5.56 Å². The Morgan fingerprint density at radius 2 is 1.88 bits per heavy atom. The van der Waals surface area contributed by atoms with E-state index >= 15 is 0 Å². The predicted octanol–water partition coefficient (Wildman–Crippen LogP) is 2.20. The van der Waals surface area contributed by atoms with Crippen LogP contribution in [0, 0.1) is 12.0 Å². The summed E-state index contributed by atoms with van der Waals surface area (Å²) in [4.78, 5) is 11.8. The van der Waals surface area contributed by atoms with E-state index in [1.807, 2.05) is 36.4 Å². The molecule has 0 atom stereocenters. The Bertz CT molecular complexity index is 585. The highest BCUT2D eigenvalue weighted by Crippen LogP contribution is 2.18. The summed E-state index contributed by atoms with van der Waals surface area (Å²) >= 11 is 0. The molecule has 2 rings (SSSR count). The Hall–Kier alpha value is -2.27. The summed E-state index contributed by atoms with van der Waals surface area (Å²) in [6, 6.07) is 16.0. The Morgan fingerprint density at radius 3 is 2.69 bits per heavy atom. The zero-order valence-corrected chi connectivity index (χ0v) is 8.95.